The van der Waals surface area contributed by atoms with E-state index in [0.717, 1.165) is 0 Å². The van der Waals surface area contributed by atoms with E-state index in [9.17, 15) is 9.59 Å². The van der Waals surface area contributed by atoms with Crippen molar-refractivity contribution < 1.29 is 19.4 Å². The number of nitrogens with zero attached hydrogens (tertiary/aromatic N) is 1. The molecule has 0 unspecified atom stereocenters. The highest BCUT2D eigenvalue weighted by Crippen LogP contribution is 2.35. The lowest BCUT2D eigenvalue weighted by Crippen LogP contribution is -2.62. The topological polar surface area (TPSA) is 66.8 Å². The maximum absolute atomic E-state index is 11.3. The molecule has 1 amide bonds. The molecule has 1 saturated heterocycles. The summed E-state index contributed by atoms with van der Waals surface area (Å²) in [5, 5.41) is 9.05. The van der Waals surface area contributed by atoms with Crippen LogP contribution in [-0.4, -0.2) is 41.8 Å². The molecule has 0 aromatic heterocycles. The van der Waals surface area contributed by atoms with Crippen molar-refractivity contribution in [2.24, 2.45) is 5.41 Å². The third kappa shape index (κ3) is 2.24. The number of hydrogen-bond acceptors (Lipinski definition) is 3. The minimum atomic E-state index is -0.903. The van der Waals surface area contributed by atoms with Crippen LogP contribution in [0.1, 0.15) is 6.42 Å². The quantitative estimate of drug-likeness (QED) is 0.715. The van der Waals surface area contributed by atoms with E-state index in [2.05, 4.69) is 13.2 Å². The Hall–Kier alpha value is -1.78. The van der Waals surface area contributed by atoms with Gasteiger partial charge >= 0.3 is 12.1 Å². The van der Waals surface area contributed by atoms with Gasteiger partial charge in [0.15, 0.2) is 0 Å². The van der Waals surface area contributed by atoms with Crippen molar-refractivity contribution >= 4 is 12.1 Å². The monoisotopic (exact) mass is 225 g/mol. The van der Waals surface area contributed by atoms with Crippen LogP contribution in [0.25, 0.3) is 0 Å². The fourth-order valence-electron chi connectivity index (χ4n) is 1.66. The largest absolute Gasteiger partial charge is 0.481 e. The first-order valence-corrected chi connectivity index (χ1v) is 4.92. The van der Waals surface area contributed by atoms with Crippen LogP contribution in [0.15, 0.2) is 25.3 Å². The molecule has 1 rings (SSSR count). The first-order chi connectivity index (χ1) is 7.55. The van der Waals surface area contributed by atoms with Gasteiger partial charge in [0.1, 0.15) is 12.0 Å². The predicted molar refractivity (Wildman–Crippen MR) is 58.0 cm³/mol. The number of likely N-dealkylation sites (tertiary alicyclic amines) is 1. The van der Waals surface area contributed by atoms with Crippen LogP contribution < -0.4 is 0 Å². The van der Waals surface area contributed by atoms with Crippen molar-refractivity contribution in [3.8, 4) is 0 Å². The van der Waals surface area contributed by atoms with E-state index >= 15 is 0 Å². The summed E-state index contributed by atoms with van der Waals surface area (Å²) in [5.74, 6) is -0.903. The summed E-state index contributed by atoms with van der Waals surface area (Å²) >= 11 is 0. The highest BCUT2D eigenvalue weighted by atomic mass is 16.6. The van der Waals surface area contributed by atoms with Gasteiger partial charge in [-0.2, -0.15) is 0 Å². The van der Waals surface area contributed by atoms with Gasteiger partial charge in [0.05, 0.1) is 0 Å². The fourth-order valence-corrected chi connectivity index (χ4v) is 1.66. The van der Waals surface area contributed by atoms with E-state index in [1.165, 1.54) is 11.0 Å². The van der Waals surface area contributed by atoms with Gasteiger partial charge in [-0.3, -0.25) is 4.79 Å². The average Bonchev–Trinajstić information content (AvgIpc) is 2.18. The summed E-state index contributed by atoms with van der Waals surface area (Å²) in [6.45, 7) is 7.41. The fraction of sp³-hybridized carbons (Fsp3) is 0.455. The Kier molecular flexibility index (Phi) is 3.71. The molecule has 16 heavy (non-hydrogen) atoms. The highest BCUT2D eigenvalue weighted by Gasteiger charge is 2.50. The molecular formula is C11H15NO4. The number of amides is 1. The molecule has 1 aliphatic heterocycles. The Labute approximate surface area is 94.0 Å². The van der Waals surface area contributed by atoms with Crippen LogP contribution in [0, 0.1) is 5.41 Å². The zero-order chi connectivity index (χ0) is 12.2. The van der Waals surface area contributed by atoms with E-state index in [0.29, 0.717) is 6.42 Å². The Morgan fingerprint density at radius 2 is 2.00 bits per heavy atom. The van der Waals surface area contributed by atoms with Gasteiger partial charge in [0.25, 0.3) is 0 Å². The van der Waals surface area contributed by atoms with Crippen molar-refractivity contribution in [3.63, 3.8) is 0 Å². The summed E-state index contributed by atoms with van der Waals surface area (Å²) in [6.07, 6.45) is 2.88. The number of hydrogen-bond donors (Lipinski definition) is 1. The molecule has 0 spiro atoms. The number of carbonyl (C=O) groups is 2. The second-order valence-electron chi connectivity index (χ2n) is 3.80. The molecule has 0 aromatic carbocycles. The highest BCUT2D eigenvalue weighted by molar-refractivity contribution is 5.80. The first kappa shape index (κ1) is 12.3. The number of rotatable bonds is 5. The number of ether oxygens (including phenoxy) is 1. The molecule has 1 N–H and O–H groups in total. The van der Waals surface area contributed by atoms with Crippen LogP contribution >= 0.6 is 0 Å². The van der Waals surface area contributed by atoms with Crippen molar-refractivity contribution in [3.05, 3.63) is 25.3 Å². The lowest BCUT2D eigenvalue weighted by Gasteiger charge is -2.45. The molecule has 0 aliphatic carbocycles. The Morgan fingerprint density at radius 1 is 1.38 bits per heavy atom. The van der Waals surface area contributed by atoms with Crippen molar-refractivity contribution in [2.75, 3.05) is 19.7 Å². The maximum Gasteiger partial charge on any atom is 0.410 e. The van der Waals surface area contributed by atoms with Gasteiger partial charge in [-0.25, -0.2) is 4.79 Å². The zero-order valence-electron chi connectivity index (χ0n) is 9.02. The molecular weight excluding hydrogens is 210 g/mol. The van der Waals surface area contributed by atoms with E-state index in [1.807, 2.05) is 0 Å². The van der Waals surface area contributed by atoms with Crippen LogP contribution in [0.2, 0.25) is 0 Å². The molecule has 1 fully saturated rings. The first-order valence-electron chi connectivity index (χ1n) is 4.92. The van der Waals surface area contributed by atoms with Crippen molar-refractivity contribution in [2.45, 2.75) is 6.42 Å². The molecule has 0 atom stereocenters. The third-order valence-corrected chi connectivity index (χ3v) is 2.56. The van der Waals surface area contributed by atoms with Crippen molar-refractivity contribution in [1.82, 2.24) is 4.90 Å². The summed E-state index contributed by atoms with van der Waals surface area (Å²) in [7, 11) is 0. The molecule has 88 valence electrons. The predicted octanol–water partition coefficient (Wildman–Crippen LogP) is 1.27. The van der Waals surface area contributed by atoms with E-state index in [-0.39, 0.29) is 19.7 Å². The summed E-state index contributed by atoms with van der Waals surface area (Å²) in [6, 6.07) is 0. The number of aliphatic carboxylic acids is 1. The number of carbonyl (C=O) groups excluding carboxylic acids is 1. The zero-order valence-corrected chi connectivity index (χ0v) is 9.02. The minimum absolute atomic E-state index is 0.136. The van der Waals surface area contributed by atoms with E-state index < -0.39 is 17.5 Å². The van der Waals surface area contributed by atoms with Crippen LogP contribution in [0.4, 0.5) is 4.79 Å². The Balaban J connectivity index is 2.50. The normalized spacial score (nSPS) is 17.1. The molecule has 5 heteroatoms. The molecule has 5 nitrogen and oxygen atoms in total. The molecule has 1 aliphatic rings. The molecule has 0 radical (unpaired) electrons. The van der Waals surface area contributed by atoms with E-state index in [1.54, 1.807) is 6.08 Å². The smallest absolute Gasteiger partial charge is 0.410 e. The second kappa shape index (κ2) is 4.83. The Morgan fingerprint density at radius 3 is 2.44 bits per heavy atom. The van der Waals surface area contributed by atoms with Gasteiger partial charge in [0, 0.05) is 13.1 Å². The lowest BCUT2D eigenvalue weighted by molar-refractivity contribution is -0.158. The van der Waals surface area contributed by atoms with Gasteiger partial charge in [-0.15, -0.1) is 6.58 Å². The van der Waals surface area contributed by atoms with E-state index in [4.69, 9.17) is 9.84 Å². The lowest BCUT2D eigenvalue weighted by atomic mass is 9.77. The van der Waals surface area contributed by atoms with Crippen LogP contribution in [0.3, 0.4) is 0 Å². The summed E-state index contributed by atoms with van der Waals surface area (Å²) < 4.78 is 4.80. The number of carboxylic acids is 1. The molecule has 0 aromatic rings. The van der Waals surface area contributed by atoms with Gasteiger partial charge < -0.3 is 14.7 Å². The number of carboxylic acid groups (broad SMARTS) is 1. The molecule has 0 bridgehead atoms. The summed E-state index contributed by atoms with van der Waals surface area (Å²) in [4.78, 5) is 23.7. The number of allylic oxidation sites excluding steroid dienone is 1. The average molecular weight is 225 g/mol. The van der Waals surface area contributed by atoms with Gasteiger partial charge in [-0.1, -0.05) is 18.7 Å². The maximum atomic E-state index is 11.3. The minimum Gasteiger partial charge on any atom is -0.481 e. The molecule has 1 heterocycles. The third-order valence-electron chi connectivity index (χ3n) is 2.56. The second-order valence-corrected chi connectivity index (χ2v) is 3.80. The Bertz CT molecular complexity index is 318. The van der Waals surface area contributed by atoms with Gasteiger partial charge in [-0.05, 0) is 6.42 Å². The standard InChI is InChI=1S/C11H15NO4/c1-3-5-11(9(13)14)7-12(8-11)10(15)16-6-4-2/h3-4H,1-2,5-8H2,(H,13,14). The summed E-state index contributed by atoms with van der Waals surface area (Å²) in [5.41, 5.74) is -0.880. The van der Waals surface area contributed by atoms with Crippen LogP contribution in [0.5, 0.6) is 0 Å². The molecule has 0 saturated carbocycles. The van der Waals surface area contributed by atoms with Gasteiger partial charge in [0.2, 0.25) is 0 Å². The SMILES string of the molecule is C=CCOC(=O)N1CC(CC=C)(C(=O)O)C1. The van der Waals surface area contributed by atoms with Crippen molar-refractivity contribution in [1.29, 1.82) is 0 Å². The van der Waals surface area contributed by atoms with Crippen LogP contribution in [-0.2, 0) is 9.53 Å².